The molecule has 16 heavy (non-hydrogen) atoms. The standard InChI is InChI=1S/C13H21NO2/c1-9(2)6-11-7-10(4-5-12(11)15)13(16)8-14-3/h4-5,7,9,13-16H,6,8H2,1-3H3. The van der Waals surface area contributed by atoms with Crippen molar-refractivity contribution in [2.45, 2.75) is 26.4 Å². The van der Waals surface area contributed by atoms with Crippen LogP contribution in [-0.4, -0.2) is 23.8 Å². The van der Waals surface area contributed by atoms with Gasteiger partial charge in [0.05, 0.1) is 6.10 Å². The zero-order valence-corrected chi connectivity index (χ0v) is 10.2. The average Bonchev–Trinajstić information content (AvgIpc) is 2.21. The highest BCUT2D eigenvalue weighted by Crippen LogP contribution is 2.24. The van der Waals surface area contributed by atoms with Crippen molar-refractivity contribution >= 4 is 0 Å². The summed E-state index contributed by atoms with van der Waals surface area (Å²) in [4.78, 5) is 0. The Kier molecular flexibility index (Phi) is 4.77. The molecule has 0 spiro atoms. The van der Waals surface area contributed by atoms with E-state index in [0.717, 1.165) is 17.5 Å². The fraction of sp³-hybridized carbons (Fsp3) is 0.538. The molecule has 0 aromatic heterocycles. The summed E-state index contributed by atoms with van der Waals surface area (Å²) >= 11 is 0. The lowest BCUT2D eigenvalue weighted by molar-refractivity contribution is 0.177. The molecule has 1 atom stereocenters. The van der Waals surface area contributed by atoms with Crippen molar-refractivity contribution in [1.29, 1.82) is 0 Å². The molecule has 0 radical (unpaired) electrons. The Morgan fingerprint density at radius 2 is 2.00 bits per heavy atom. The van der Waals surface area contributed by atoms with Gasteiger partial charge < -0.3 is 15.5 Å². The average molecular weight is 223 g/mol. The third kappa shape index (κ3) is 3.51. The van der Waals surface area contributed by atoms with Gasteiger partial charge in [0.1, 0.15) is 5.75 Å². The van der Waals surface area contributed by atoms with Crippen molar-refractivity contribution in [3.05, 3.63) is 29.3 Å². The molecule has 0 aliphatic carbocycles. The van der Waals surface area contributed by atoms with Crippen molar-refractivity contribution in [3.63, 3.8) is 0 Å². The highest BCUT2D eigenvalue weighted by atomic mass is 16.3. The zero-order valence-electron chi connectivity index (χ0n) is 10.2. The van der Waals surface area contributed by atoms with Gasteiger partial charge in [-0.15, -0.1) is 0 Å². The third-order valence-electron chi connectivity index (χ3n) is 2.51. The predicted octanol–water partition coefficient (Wildman–Crippen LogP) is 1.84. The summed E-state index contributed by atoms with van der Waals surface area (Å²) in [5.74, 6) is 0.803. The van der Waals surface area contributed by atoms with E-state index in [1.54, 1.807) is 19.2 Å². The van der Waals surface area contributed by atoms with E-state index in [9.17, 15) is 10.2 Å². The Balaban J connectivity index is 2.88. The minimum atomic E-state index is -0.517. The molecule has 1 aromatic rings. The normalized spacial score (nSPS) is 13.1. The second kappa shape index (κ2) is 5.87. The van der Waals surface area contributed by atoms with Gasteiger partial charge in [-0.3, -0.25) is 0 Å². The van der Waals surface area contributed by atoms with Crippen LogP contribution in [-0.2, 0) is 6.42 Å². The molecule has 1 aromatic carbocycles. The summed E-state index contributed by atoms with van der Waals surface area (Å²) in [6.45, 7) is 4.73. The first-order chi connectivity index (χ1) is 7.54. The van der Waals surface area contributed by atoms with Crippen LogP contribution in [0.3, 0.4) is 0 Å². The van der Waals surface area contributed by atoms with Crippen LogP contribution < -0.4 is 5.32 Å². The molecule has 0 fully saturated rings. The van der Waals surface area contributed by atoms with E-state index in [4.69, 9.17) is 0 Å². The summed E-state index contributed by atoms with van der Waals surface area (Å²) < 4.78 is 0. The first kappa shape index (κ1) is 13.0. The van der Waals surface area contributed by atoms with Gasteiger partial charge in [0.15, 0.2) is 0 Å². The van der Waals surface area contributed by atoms with Crippen LogP contribution in [0.5, 0.6) is 5.75 Å². The fourth-order valence-corrected chi connectivity index (χ4v) is 1.73. The summed E-state index contributed by atoms with van der Waals surface area (Å²) in [5, 5.41) is 22.5. The highest BCUT2D eigenvalue weighted by Gasteiger charge is 2.10. The van der Waals surface area contributed by atoms with Crippen LogP contribution in [0, 0.1) is 5.92 Å². The summed E-state index contributed by atoms with van der Waals surface area (Å²) in [6.07, 6.45) is 0.308. The lowest BCUT2D eigenvalue weighted by atomic mass is 9.98. The van der Waals surface area contributed by atoms with Crippen LogP contribution in [0.2, 0.25) is 0 Å². The molecule has 0 bridgehead atoms. The van der Waals surface area contributed by atoms with Crippen molar-refractivity contribution in [3.8, 4) is 5.75 Å². The van der Waals surface area contributed by atoms with Crippen LogP contribution in [0.15, 0.2) is 18.2 Å². The number of hydrogen-bond donors (Lipinski definition) is 3. The lowest BCUT2D eigenvalue weighted by Gasteiger charge is -2.14. The maximum atomic E-state index is 9.83. The number of phenolic OH excluding ortho intramolecular Hbond substituents is 1. The van der Waals surface area contributed by atoms with E-state index in [1.165, 1.54) is 0 Å². The number of rotatable bonds is 5. The number of benzene rings is 1. The topological polar surface area (TPSA) is 52.5 Å². The summed E-state index contributed by atoms with van der Waals surface area (Å²) in [6, 6.07) is 5.31. The van der Waals surface area contributed by atoms with Gasteiger partial charge in [0, 0.05) is 6.54 Å². The Hall–Kier alpha value is -1.06. The Bertz CT molecular complexity index is 337. The second-order valence-corrected chi connectivity index (χ2v) is 4.56. The summed E-state index contributed by atoms with van der Waals surface area (Å²) in [5.41, 5.74) is 1.76. The molecule has 1 rings (SSSR count). The van der Waals surface area contributed by atoms with E-state index >= 15 is 0 Å². The van der Waals surface area contributed by atoms with Gasteiger partial charge in [-0.25, -0.2) is 0 Å². The molecule has 0 saturated heterocycles. The number of likely N-dealkylation sites (N-methyl/N-ethyl adjacent to an activating group) is 1. The van der Waals surface area contributed by atoms with E-state index in [1.807, 2.05) is 6.07 Å². The number of aliphatic hydroxyl groups excluding tert-OH is 1. The molecule has 1 unspecified atom stereocenters. The van der Waals surface area contributed by atoms with E-state index < -0.39 is 6.10 Å². The van der Waals surface area contributed by atoms with Crippen molar-refractivity contribution in [2.24, 2.45) is 5.92 Å². The Labute approximate surface area is 97.1 Å². The summed E-state index contributed by atoms with van der Waals surface area (Å²) in [7, 11) is 1.80. The van der Waals surface area contributed by atoms with Gasteiger partial charge in [-0.2, -0.15) is 0 Å². The third-order valence-corrected chi connectivity index (χ3v) is 2.51. The van der Waals surface area contributed by atoms with Gasteiger partial charge in [0.2, 0.25) is 0 Å². The molecular formula is C13H21NO2. The number of nitrogens with one attached hydrogen (secondary N) is 1. The van der Waals surface area contributed by atoms with Crippen LogP contribution in [0.1, 0.15) is 31.1 Å². The van der Waals surface area contributed by atoms with Crippen molar-refractivity contribution < 1.29 is 10.2 Å². The highest BCUT2D eigenvalue weighted by molar-refractivity contribution is 5.37. The van der Waals surface area contributed by atoms with Crippen molar-refractivity contribution in [1.82, 2.24) is 5.32 Å². The number of hydrogen-bond acceptors (Lipinski definition) is 3. The molecule has 3 N–H and O–H groups in total. The molecule has 3 nitrogen and oxygen atoms in total. The van der Waals surface area contributed by atoms with E-state index in [-0.39, 0.29) is 0 Å². The zero-order chi connectivity index (χ0) is 12.1. The van der Waals surface area contributed by atoms with Crippen LogP contribution in [0.4, 0.5) is 0 Å². The molecule has 90 valence electrons. The quantitative estimate of drug-likeness (QED) is 0.714. The molecule has 0 saturated carbocycles. The minimum absolute atomic E-state index is 0.314. The lowest BCUT2D eigenvalue weighted by Crippen LogP contribution is -2.16. The largest absolute Gasteiger partial charge is 0.508 e. The molecule has 0 heterocycles. The number of aliphatic hydroxyl groups is 1. The number of aromatic hydroxyl groups is 1. The van der Waals surface area contributed by atoms with Crippen LogP contribution >= 0.6 is 0 Å². The van der Waals surface area contributed by atoms with Crippen LogP contribution in [0.25, 0.3) is 0 Å². The number of phenols is 1. The van der Waals surface area contributed by atoms with Crippen molar-refractivity contribution in [2.75, 3.05) is 13.6 Å². The minimum Gasteiger partial charge on any atom is -0.508 e. The molecular weight excluding hydrogens is 202 g/mol. The van der Waals surface area contributed by atoms with Gasteiger partial charge in [0.25, 0.3) is 0 Å². The molecule has 0 amide bonds. The maximum Gasteiger partial charge on any atom is 0.118 e. The van der Waals surface area contributed by atoms with Gasteiger partial charge >= 0.3 is 0 Å². The fourth-order valence-electron chi connectivity index (χ4n) is 1.73. The monoisotopic (exact) mass is 223 g/mol. The Morgan fingerprint density at radius 1 is 1.31 bits per heavy atom. The maximum absolute atomic E-state index is 9.83. The molecule has 0 aliphatic rings. The first-order valence-electron chi connectivity index (χ1n) is 5.69. The molecule has 3 heteroatoms. The van der Waals surface area contributed by atoms with E-state index in [0.29, 0.717) is 18.2 Å². The molecule has 0 aliphatic heterocycles. The SMILES string of the molecule is CNCC(O)c1ccc(O)c(CC(C)C)c1. The smallest absolute Gasteiger partial charge is 0.118 e. The Morgan fingerprint density at radius 3 is 2.56 bits per heavy atom. The first-order valence-corrected chi connectivity index (χ1v) is 5.69. The second-order valence-electron chi connectivity index (χ2n) is 4.56. The van der Waals surface area contributed by atoms with Gasteiger partial charge in [-0.1, -0.05) is 19.9 Å². The van der Waals surface area contributed by atoms with E-state index in [2.05, 4.69) is 19.2 Å². The predicted molar refractivity (Wildman–Crippen MR) is 65.5 cm³/mol. The van der Waals surface area contributed by atoms with Gasteiger partial charge in [-0.05, 0) is 42.6 Å².